The van der Waals surface area contributed by atoms with E-state index < -0.39 is 0 Å². The quantitative estimate of drug-likeness (QED) is 0.478. The lowest BCUT2D eigenvalue weighted by molar-refractivity contribution is 0.468. The van der Waals surface area contributed by atoms with Gasteiger partial charge in [0, 0.05) is 64.9 Å². The first kappa shape index (κ1) is 18.0. The summed E-state index contributed by atoms with van der Waals surface area (Å²) in [5, 5.41) is 12.2. The van der Waals surface area contributed by atoms with Crippen LogP contribution in [-0.2, 0) is 20.1 Å². The van der Waals surface area contributed by atoms with Crippen molar-refractivity contribution >= 4 is 5.96 Å². The molecule has 2 aromatic rings. The molecule has 2 rings (SSSR count). The minimum absolute atomic E-state index is 0.415. The van der Waals surface area contributed by atoms with E-state index in [1.165, 1.54) is 5.56 Å². The Labute approximate surface area is 144 Å². The third-order valence-corrected chi connectivity index (χ3v) is 3.87. The summed E-state index contributed by atoms with van der Waals surface area (Å²) in [6, 6.07) is 1.94. The lowest BCUT2D eigenvalue weighted by atomic mass is 10.1. The third kappa shape index (κ3) is 4.84. The van der Waals surface area contributed by atoms with Crippen LogP contribution in [0.2, 0.25) is 0 Å². The van der Waals surface area contributed by atoms with Crippen molar-refractivity contribution < 1.29 is 0 Å². The molecule has 0 spiro atoms. The van der Waals surface area contributed by atoms with Crippen molar-refractivity contribution in [3.63, 3.8) is 0 Å². The van der Waals surface area contributed by atoms with Crippen LogP contribution in [0.4, 0.5) is 0 Å². The fourth-order valence-electron chi connectivity index (χ4n) is 2.75. The summed E-state index contributed by atoms with van der Waals surface area (Å²) < 4.78 is 3.83. The molecule has 0 aliphatic rings. The molecule has 0 radical (unpaired) electrons. The van der Waals surface area contributed by atoms with Gasteiger partial charge in [-0.05, 0) is 18.4 Å². The highest BCUT2D eigenvalue weighted by molar-refractivity contribution is 5.79. The Morgan fingerprint density at radius 3 is 2.83 bits per heavy atom. The molecule has 0 atom stereocenters. The maximum atomic E-state index is 4.57. The Morgan fingerprint density at radius 1 is 1.42 bits per heavy atom. The molecule has 0 aliphatic carbocycles. The number of nitrogens with one attached hydrogen (secondary N) is 1. The Bertz CT molecular complexity index is 640. The zero-order valence-corrected chi connectivity index (χ0v) is 15.4. The SMILES string of the molecule is CN=C(NCCCn1cccn1)N(C)Cc1cn(C)nc1C(C)C. The fourth-order valence-corrected chi connectivity index (χ4v) is 2.75. The average Bonchev–Trinajstić information content (AvgIpc) is 3.16. The standard InChI is InChI=1S/C17H29N7/c1-14(2)16-15(13-23(5)21-16)12-22(4)17(18-3)19-8-6-10-24-11-7-9-20-24/h7,9,11,13-14H,6,8,10,12H2,1-5H3,(H,18,19). The fraction of sp³-hybridized carbons (Fsp3) is 0.588. The molecule has 0 unspecified atom stereocenters. The van der Waals surface area contributed by atoms with Gasteiger partial charge in [0.05, 0.1) is 5.69 Å². The first-order valence-electron chi connectivity index (χ1n) is 8.43. The van der Waals surface area contributed by atoms with E-state index in [9.17, 15) is 0 Å². The van der Waals surface area contributed by atoms with Gasteiger partial charge in [-0.3, -0.25) is 14.4 Å². The Morgan fingerprint density at radius 2 is 2.21 bits per heavy atom. The molecular weight excluding hydrogens is 302 g/mol. The Hall–Kier alpha value is -2.31. The number of hydrogen-bond acceptors (Lipinski definition) is 3. The van der Waals surface area contributed by atoms with Gasteiger partial charge in [-0.1, -0.05) is 13.8 Å². The van der Waals surface area contributed by atoms with E-state index in [-0.39, 0.29) is 0 Å². The molecule has 0 fully saturated rings. The van der Waals surface area contributed by atoms with Crippen LogP contribution in [0.15, 0.2) is 29.6 Å². The van der Waals surface area contributed by atoms with Gasteiger partial charge in [-0.25, -0.2) is 0 Å². The van der Waals surface area contributed by atoms with Crippen molar-refractivity contribution in [1.29, 1.82) is 0 Å². The van der Waals surface area contributed by atoms with Gasteiger partial charge in [0.25, 0.3) is 0 Å². The first-order valence-corrected chi connectivity index (χ1v) is 8.43. The minimum atomic E-state index is 0.415. The molecule has 1 N–H and O–H groups in total. The van der Waals surface area contributed by atoms with Crippen LogP contribution in [0, 0.1) is 0 Å². The van der Waals surface area contributed by atoms with Crippen LogP contribution in [0.1, 0.15) is 37.4 Å². The van der Waals surface area contributed by atoms with Gasteiger partial charge in [0.15, 0.2) is 5.96 Å². The van der Waals surface area contributed by atoms with E-state index in [1.54, 1.807) is 6.20 Å². The summed E-state index contributed by atoms with van der Waals surface area (Å²) in [6.07, 6.45) is 6.88. The highest BCUT2D eigenvalue weighted by Gasteiger charge is 2.14. The highest BCUT2D eigenvalue weighted by atomic mass is 15.3. The molecule has 2 aromatic heterocycles. The van der Waals surface area contributed by atoms with Crippen LogP contribution in [-0.4, -0.2) is 51.1 Å². The number of guanidine groups is 1. The summed E-state index contributed by atoms with van der Waals surface area (Å²) in [4.78, 5) is 6.52. The van der Waals surface area contributed by atoms with E-state index in [2.05, 4.69) is 52.5 Å². The second-order valence-electron chi connectivity index (χ2n) is 6.32. The predicted molar refractivity (Wildman–Crippen MR) is 97.0 cm³/mol. The monoisotopic (exact) mass is 331 g/mol. The largest absolute Gasteiger partial charge is 0.356 e. The zero-order valence-electron chi connectivity index (χ0n) is 15.4. The number of rotatable bonds is 7. The molecule has 0 saturated carbocycles. The van der Waals surface area contributed by atoms with E-state index in [1.807, 2.05) is 35.7 Å². The van der Waals surface area contributed by atoms with Gasteiger partial charge < -0.3 is 10.2 Å². The van der Waals surface area contributed by atoms with E-state index in [0.717, 1.165) is 37.7 Å². The van der Waals surface area contributed by atoms with Crippen LogP contribution >= 0.6 is 0 Å². The normalized spacial score (nSPS) is 12.0. The highest BCUT2D eigenvalue weighted by Crippen LogP contribution is 2.18. The molecule has 0 aliphatic heterocycles. The molecule has 0 bridgehead atoms. The van der Waals surface area contributed by atoms with Gasteiger partial charge in [-0.15, -0.1) is 0 Å². The van der Waals surface area contributed by atoms with Crippen molar-refractivity contribution in [3.8, 4) is 0 Å². The number of aromatic nitrogens is 4. The number of aryl methyl sites for hydroxylation is 2. The third-order valence-electron chi connectivity index (χ3n) is 3.87. The minimum Gasteiger partial charge on any atom is -0.356 e. The molecule has 0 amide bonds. The molecule has 0 saturated heterocycles. The molecule has 0 aromatic carbocycles. The second kappa shape index (κ2) is 8.52. The maximum Gasteiger partial charge on any atom is 0.193 e. The van der Waals surface area contributed by atoms with Gasteiger partial charge >= 0.3 is 0 Å². The van der Waals surface area contributed by atoms with Gasteiger partial charge in [-0.2, -0.15) is 10.2 Å². The molecule has 132 valence electrons. The molecule has 7 nitrogen and oxygen atoms in total. The molecule has 7 heteroatoms. The molecule has 24 heavy (non-hydrogen) atoms. The van der Waals surface area contributed by atoms with Crippen molar-refractivity contribution in [3.05, 3.63) is 35.9 Å². The maximum absolute atomic E-state index is 4.57. The summed E-state index contributed by atoms with van der Waals surface area (Å²) in [5.41, 5.74) is 2.40. The van der Waals surface area contributed by atoms with Crippen LogP contribution in [0.25, 0.3) is 0 Å². The van der Waals surface area contributed by atoms with E-state index in [4.69, 9.17) is 0 Å². The number of aliphatic imine (C=N–C) groups is 1. The lowest BCUT2D eigenvalue weighted by Gasteiger charge is -2.22. The zero-order chi connectivity index (χ0) is 17.5. The van der Waals surface area contributed by atoms with Crippen molar-refractivity contribution in [2.75, 3.05) is 20.6 Å². The Balaban J connectivity index is 1.86. The average molecular weight is 331 g/mol. The first-order chi connectivity index (χ1) is 11.5. The van der Waals surface area contributed by atoms with Gasteiger partial charge in [0.1, 0.15) is 0 Å². The van der Waals surface area contributed by atoms with Crippen LogP contribution in [0.3, 0.4) is 0 Å². The second-order valence-corrected chi connectivity index (χ2v) is 6.32. The van der Waals surface area contributed by atoms with Crippen molar-refractivity contribution in [2.24, 2.45) is 12.0 Å². The van der Waals surface area contributed by atoms with Crippen molar-refractivity contribution in [2.45, 2.75) is 39.3 Å². The summed E-state index contributed by atoms with van der Waals surface area (Å²) in [5.74, 6) is 1.31. The van der Waals surface area contributed by atoms with E-state index >= 15 is 0 Å². The summed E-state index contributed by atoms with van der Waals surface area (Å²) in [7, 11) is 5.84. The summed E-state index contributed by atoms with van der Waals surface area (Å²) in [6.45, 7) is 6.91. The smallest absolute Gasteiger partial charge is 0.193 e. The summed E-state index contributed by atoms with van der Waals surface area (Å²) >= 11 is 0. The molecular formula is C17H29N7. The van der Waals surface area contributed by atoms with Crippen LogP contribution in [0.5, 0.6) is 0 Å². The van der Waals surface area contributed by atoms with Gasteiger partial charge in [0.2, 0.25) is 0 Å². The lowest BCUT2D eigenvalue weighted by Crippen LogP contribution is -2.39. The Kier molecular flexibility index (Phi) is 6.40. The van der Waals surface area contributed by atoms with Crippen molar-refractivity contribution in [1.82, 2.24) is 29.8 Å². The topological polar surface area (TPSA) is 63.3 Å². The van der Waals surface area contributed by atoms with Crippen LogP contribution < -0.4 is 5.32 Å². The van der Waals surface area contributed by atoms with E-state index in [0.29, 0.717) is 5.92 Å². The number of nitrogens with zero attached hydrogens (tertiary/aromatic N) is 6. The predicted octanol–water partition coefficient (Wildman–Crippen LogP) is 1.84. The number of hydrogen-bond donors (Lipinski definition) is 1. The molecule has 2 heterocycles.